The first-order valence-corrected chi connectivity index (χ1v) is 8.44. The van der Waals surface area contributed by atoms with Gasteiger partial charge in [0.15, 0.2) is 5.96 Å². The van der Waals surface area contributed by atoms with Gasteiger partial charge >= 0.3 is 0 Å². The zero-order valence-corrected chi connectivity index (χ0v) is 14.0. The lowest BCUT2D eigenvalue weighted by atomic mass is 10.2. The fourth-order valence-corrected chi connectivity index (χ4v) is 2.66. The van der Waals surface area contributed by atoms with Gasteiger partial charge in [-0.05, 0) is 6.42 Å². The number of guanidine groups is 1. The highest BCUT2D eigenvalue weighted by atomic mass is 32.1. The minimum Gasteiger partial charge on any atom is -0.356 e. The molecule has 1 heterocycles. The van der Waals surface area contributed by atoms with Crippen LogP contribution in [0.5, 0.6) is 0 Å². The van der Waals surface area contributed by atoms with Crippen LogP contribution in [0.25, 0.3) is 0 Å². The maximum atomic E-state index is 4.61. The maximum absolute atomic E-state index is 4.61. The van der Waals surface area contributed by atoms with Crippen molar-refractivity contribution < 1.29 is 0 Å². The standard InChI is InChI=1S/C15H28N4S/c1-5-6-7-8-9-17-15(16-4)18-10-13-11-20-14(19-13)12(2)3/h11-12H,5-10H2,1-4H3,(H2,16,17,18). The molecule has 0 saturated heterocycles. The van der Waals surface area contributed by atoms with Crippen LogP contribution in [0.2, 0.25) is 0 Å². The Morgan fingerprint density at radius 2 is 2.10 bits per heavy atom. The molecule has 4 nitrogen and oxygen atoms in total. The third-order valence-electron chi connectivity index (χ3n) is 3.05. The van der Waals surface area contributed by atoms with Gasteiger partial charge in [-0.25, -0.2) is 4.98 Å². The van der Waals surface area contributed by atoms with Gasteiger partial charge in [0, 0.05) is 24.9 Å². The average Bonchev–Trinajstić information content (AvgIpc) is 2.91. The second kappa shape index (κ2) is 9.75. The molecular formula is C15H28N4S. The van der Waals surface area contributed by atoms with Crippen LogP contribution < -0.4 is 10.6 Å². The van der Waals surface area contributed by atoms with Crippen molar-refractivity contribution in [3.8, 4) is 0 Å². The summed E-state index contributed by atoms with van der Waals surface area (Å²) in [7, 11) is 1.81. The van der Waals surface area contributed by atoms with Crippen LogP contribution in [0.3, 0.4) is 0 Å². The molecule has 0 atom stereocenters. The SMILES string of the molecule is CCCCCCNC(=NC)NCc1csc(C(C)C)n1. The van der Waals surface area contributed by atoms with Crippen molar-refractivity contribution in [3.05, 3.63) is 16.1 Å². The van der Waals surface area contributed by atoms with Gasteiger partial charge in [-0.1, -0.05) is 40.0 Å². The number of nitrogens with zero attached hydrogens (tertiary/aromatic N) is 2. The molecule has 0 bridgehead atoms. The molecule has 1 aromatic rings. The summed E-state index contributed by atoms with van der Waals surface area (Å²) in [5, 5.41) is 9.97. The Bertz CT molecular complexity index is 398. The van der Waals surface area contributed by atoms with Crippen LogP contribution in [0.1, 0.15) is 63.1 Å². The van der Waals surface area contributed by atoms with E-state index >= 15 is 0 Å². The molecular weight excluding hydrogens is 268 g/mol. The zero-order chi connectivity index (χ0) is 14.8. The molecule has 5 heteroatoms. The minimum atomic E-state index is 0.504. The van der Waals surface area contributed by atoms with Gasteiger partial charge in [-0.3, -0.25) is 4.99 Å². The number of rotatable bonds is 8. The predicted molar refractivity (Wildman–Crippen MR) is 88.5 cm³/mol. The van der Waals surface area contributed by atoms with Gasteiger partial charge in [0.25, 0.3) is 0 Å². The normalized spacial score (nSPS) is 11.9. The summed E-state index contributed by atoms with van der Waals surface area (Å²) in [6.45, 7) is 8.29. The molecule has 0 radical (unpaired) electrons. The quantitative estimate of drug-likeness (QED) is 0.438. The molecule has 2 N–H and O–H groups in total. The third-order valence-corrected chi connectivity index (χ3v) is 4.24. The number of unbranched alkanes of at least 4 members (excludes halogenated alkanes) is 3. The first kappa shape index (κ1) is 17.0. The van der Waals surface area contributed by atoms with Gasteiger partial charge in [-0.15, -0.1) is 11.3 Å². The molecule has 0 aromatic carbocycles. The summed E-state index contributed by atoms with van der Waals surface area (Å²) in [5.41, 5.74) is 1.09. The molecule has 0 aliphatic heterocycles. The highest BCUT2D eigenvalue weighted by Crippen LogP contribution is 2.18. The molecule has 0 amide bonds. The average molecular weight is 296 g/mol. The van der Waals surface area contributed by atoms with Crippen LogP contribution in [0.15, 0.2) is 10.4 Å². The lowest BCUT2D eigenvalue weighted by Crippen LogP contribution is -2.37. The molecule has 114 valence electrons. The molecule has 0 aliphatic carbocycles. The Balaban J connectivity index is 2.26. The van der Waals surface area contributed by atoms with E-state index in [2.05, 4.69) is 46.8 Å². The lowest BCUT2D eigenvalue weighted by Gasteiger charge is -2.10. The lowest BCUT2D eigenvalue weighted by molar-refractivity contribution is 0.646. The third kappa shape index (κ3) is 6.37. The number of thiazole rings is 1. The summed E-state index contributed by atoms with van der Waals surface area (Å²) < 4.78 is 0. The molecule has 0 unspecified atom stereocenters. The summed E-state index contributed by atoms with van der Waals surface area (Å²) in [4.78, 5) is 8.84. The highest BCUT2D eigenvalue weighted by Gasteiger charge is 2.06. The van der Waals surface area contributed by atoms with Gasteiger partial charge in [0.05, 0.1) is 17.2 Å². The van der Waals surface area contributed by atoms with E-state index in [1.807, 2.05) is 7.05 Å². The maximum Gasteiger partial charge on any atom is 0.191 e. The van der Waals surface area contributed by atoms with Crippen molar-refractivity contribution >= 4 is 17.3 Å². The van der Waals surface area contributed by atoms with E-state index in [-0.39, 0.29) is 0 Å². The van der Waals surface area contributed by atoms with Crippen LogP contribution in [0, 0.1) is 0 Å². The number of hydrogen-bond acceptors (Lipinski definition) is 3. The number of nitrogens with one attached hydrogen (secondary N) is 2. The molecule has 1 rings (SSSR count). The topological polar surface area (TPSA) is 49.3 Å². The Morgan fingerprint density at radius 1 is 1.30 bits per heavy atom. The monoisotopic (exact) mass is 296 g/mol. The molecule has 0 spiro atoms. The first-order valence-electron chi connectivity index (χ1n) is 7.56. The fraction of sp³-hybridized carbons (Fsp3) is 0.733. The second-order valence-electron chi connectivity index (χ2n) is 5.24. The minimum absolute atomic E-state index is 0.504. The van der Waals surface area contributed by atoms with Crippen molar-refractivity contribution in [1.29, 1.82) is 0 Å². The number of hydrogen-bond donors (Lipinski definition) is 2. The predicted octanol–water partition coefficient (Wildman–Crippen LogP) is 3.51. The summed E-state index contributed by atoms with van der Waals surface area (Å²) in [6, 6.07) is 0. The summed E-state index contributed by atoms with van der Waals surface area (Å²) in [6.07, 6.45) is 5.06. The van der Waals surface area contributed by atoms with Gasteiger partial charge in [0.1, 0.15) is 0 Å². The van der Waals surface area contributed by atoms with Crippen molar-refractivity contribution in [3.63, 3.8) is 0 Å². The first-order chi connectivity index (χ1) is 9.67. The van der Waals surface area contributed by atoms with Gasteiger partial charge < -0.3 is 10.6 Å². The van der Waals surface area contributed by atoms with E-state index in [4.69, 9.17) is 0 Å². The van der Waals surface area contributed by atoms with Crippen LogP contribution in [-0.4, -0.2) is 24.5 Å². The molecule has 0 aliphatic rings. The zero-order valence-electron chi connectivity index (χ0n) is 13.2. The highest BCUT2D eigenvalue weighted by molar-refractivity contribution is 7.09. The number of aliphatic imine (C=N–C) groups is 1. The Morgan fingerprint density at radius 3 is 2.70 bits per heavy atom. The van der Waals surface area contributed by atoms with Crippen molar-refractivity contribution in [2.24, 2.45) is 4.99 Å². The van der Waals surface area contributed by atoms with E-state index in [1.165, 1.54) is 30.7 Å². The number of aromatic nitrogens is 1. The van der Waals surface area contributed by atoms with Crippen LogP contribution in [-0.2, 0) is 6.54 Å². The van der Waals surface area contributed by atoms with Crippen molar-refractivity contribution in [1.82, 2.24) is 15.6 Å². The fourth-order valence-electron chi connectivity index (χ4n) is 1.82. The molecule has 1 aromatic heterocycles. The van der Waals surface area contributed by atoms with E-state index in [1.54, 1.807) is 11.3 Å². The van der Waals surface area contributed by atoms with E-state index < -0.39 is 0 Å². The Kier molecular flexibility index (Phi) is 8.26. The Hall–Kier alpha value is -1.10. The largest absolute Gasteiger partial charge is 0.356 e. The van der Waals surface area contributed by atoms with Crippen LogP contribution >= 0.6 is 11.3 Å². The molecule has 0 fully saturated rings. The van der Waals surface area contributed by atoms with Gasteiger partial charge in [0.2, 0.25) is 0 Å². The van der Waals surface area contributed by atoms with Crippen molar-refractivity contribution in [2.45, 2.75) is 58.9 Å². The van der Waals surface area contributed by atoms with Crippen molar-refractivity contribution in [2.75, 3.05) is 13.6 Å². The second-order valence-corrected chi connectivity index (χ2v) is 6.13. The van der Waals surface area contributed by atoms with E-state index in [0.29, 0.717) is 5.92 Å². The van der Waals surface area contributed by atoms with E-state index in [0.717, 1.165) is 24.7 Å². The molecule has 20 heavy (non-hydrogen) atoms. The Labute approximate surface area is 127 Å². The summed E-state index contributed by atoms with van der Waals surface area (Å²) in [5.74, 6) is 1.37. The summed E-state index contributed by atoms with van der Waals surface area (Å²) >= 11 is 1.73. The smallest absolute Gasteiger partial charge is 0.191 e. The van der Waals surface area contributed by atoms with Gasteiger partial charge in [-0.2, -0.15) is 0 Å². The van der Waals surface area contributed by atoms with E-state index in [9.17, 15) is 0 Å². The molecule has 0 saturated carbocycles. The van der Waals surface area contributed by atoms with Crippen LogP contribution in [0.4, 0.5) is 0 Å².